The molecule has 1 aromatic rings. The number of ether oxygens (including phenoxy) is 2. The maximum absolute atomic E-state index is 12.3. The highest BCUT2D eigenvalue weighted by molar-refractivity contribution is 5.85. The number of hydrogen-bond acceptors (Lipinski definition) is 5. The highest BCUT2D eigenvalue weighted by Crippen LogP contribution is 2.29. The van der Waals surface area contributed by atoms with Gasteiger partial charge in [-0.3, -0.25) is 4.90 Å². The third kappa shape index (κ3) is 3.29. The van der Waals surface area contributed by atoms with Crippen LogP contribution in [0.3, 0.4) is 0 Å². The highest BCUT2D eigenvalue weighted by Gasteiger charge is 2.46. The van der Waals surface area contributed by atoms with Crippen molar-refractivity contribution in [2.24, 2.45) is 0 Å². The van der Waals surface area contributed by atoms with Crippen LogP contribution in [-0.4, -0.2) is 49.8 Å². The van der Waals surface area contributed by atoms with Crippen molar-refractivity contribution in [1.82, 2.24) is 4.90 Å². The molecule has 1 aromatic carbocycles. The van der Waals surface area contributed by atoms with Gasteiger partial charge in [0, 0.05) is 24.8 Å². The van der Waals surface area contributed by atoms with E-state index in [1.807, 2.05) is 24.3 Å². The molecule has 0 radical (unpaired) electrons. The van der Waals surface area contributed by atoms with Gasteiger partial charge < -0.3 is 14.8 Å². The van der Waals surface area contributed by atoms with Gasteiger partial charge in [0.05, 0.1) is 14.2 Å². The maximum atomic E-state index is 12.3. The van der Waals surface area contributed by atoms with E-state index in [-0.39, 0.29) is 5.97 Å². The summed E-state index contributed by atoms with van der Waals surface area (Å²) in [6.07, 6.45) is 0.740. The van der Waals surface area contributed by atoms with Crippen LogP contribution in [0.25, 0.3) is 0 Å². The molecule has 1 unspecified atom stereocenters. The predicted molar refractivity (Wildman–Crippen MR) is 82.7 cm³/mol. The van der Waals surface area contributed by atoms with Gasteiger partial charge in [0.1, 0.15) is 11.3 Å². The molecule has 1 aliphatic heterocycles. The third-order valence-electron chi connectivity index (χ3n) is 4.08. The molecule has 0 amide bonds. The zero-order valence-corrected chi connectivity index (χ0v) is 13.2. The first-order valence-electron chi connectivity index (χ1n) is 7.25. The summed E-state index contributed by atoms with van der Waals surface area (Å²) in [5.74, 6) is 0.587. The lowest BCUT2D eigenvalue weighted by molar-refractivity contribution is -0.145. The molecule has 1 saturated heterocycles. The molecular weight excluding hydrogens is 268 g/mol. The van der Waals surface area contributed by atoms with E-state index < -0.39 is 5.54 Å². The number of rotatable bonds is 5. The largest absolute Gasteiger partial charge is 0.497 e. The SMILES string of the molecule is COC(=O)C1(Nc2ccc(OC)cc2)CCN(C(C)C)C1. The molecule has 5 nitrogen and oxygen atoms in total. The summed E-state index contributed by atoms with van der Waals surface area (Å²) in [4.78, 5) is 14.6. The highest BCUT2D eigenvalue weighted by atomic mass is 16.5. The van der Waals surface area contributed by atoms with E-state index >= 15 is 0 Å². The Morgan fingerprint density at radius 3 is 2.43 bits per heavy atom. The fraction of sp³-hybridized carbons (Fsp3) is 0.562. The van der Waals surface area contributed by atoms with Gasteiger partial charge in [0.15, 0.2) is 0 Å². The molecule has 5 heteroatoms. The Bertz CT molecular complexity index is 487. The number of carbonyl (C=O) groups excluding carboxylic acids is 1. The van der Waals surface area contributed by atoms with Crippen LogP contribution in [0.4, 0.5) is 5.69 Å². The lowest BCUT2D eigenvalue weighted by Crippen LogP contribution is -2.50. The van der Waals surface area contributed by atoms with Crippen LogP contribution in [0.15, 0.2) is 24.3 Å². The van der Waals surface area contributed by atoms with E-state index in [2.05, 4.69) is 24.1 Å². The van der Waals surface area contributed by atoms with Crippen LogP contribution in [0, 0.1) is 0 Å². The topological polar surface area (TPSA) is 50.8 Å². The molecule has 0 bridgehead atoms. The molecule has 0 aliphatic carbocycles. The minimum atomic E-state index is -0.673. The molecule has 0 spiro atoms. The summed E-state index contributed by atoms with van der Waals surface area (Å²) < 4.78 is 10.2. The Morgan fingerprint density at radius 2 is 1.95 bits per heavy atom. The number of nitrogens with zero attached hydrogens (tertiary/aromatic N) is 1. The Balaban J connectivity index is 2.19. The minimum Gasteiger partial charge on any atom is -0.497 e. The molecule has 116 valence electrons. The quantitative estimate of drug-likeness (QED) is 0.843. The molecule has 1 fully saturated rings. The van der Waals surface area contributed by atoms with Crippen LogP contribution in [0.2, 0.25) is 0 Å². The maximum Gasteiger partial charge on any atom is 0.332 e. The van der Waals surface area contributed by atoms with Gasteiger partial charge in [-0.05, 0) is 44.5 Å². The number of likely N-dealkylation sites (tertiary alicyclic amines) is 1. The third-order valence-corrected chi connectivity index (χ3v) is 4.08. The standard InChI is InChI=1S/C16H24N2O3/c1-12(2)18-10-9-16(11-18,15(19)21-4)17-13-5-7-14(20-3)8-6-13/h5-8,12,17H,9-11H2,1-4H3. The second-order valence-corrected chi connectivity index (χ2v) is 5.74. The van der Waals surface area contributed by atoms with E-state index in [1.54, 1.807) is 7.11 Å². The monoisotopic (exact) mass is 292 g/mol. The summed E-state index contributed by atoms with van der Waals surface area (Å²) >= 11 is 0. The Labute approximate surface area is 126 Å². The smallest absolute Gasteiger partial charge is 0.332 e. The van der Waals surface area contributed by atoms with Gasteiger partial charge in [-0.15, -0.1) is 0 Å². The molecule has 0 saturated carbocycles. The summed E-state index contributed by atoms with van der Waals surface area (Å²) in [5.41, 5.74) is 0.222. The number of carbonyl (C=O) groups is 1. The number of methoxy groups -OCH3 is 2. The summed E-state index contributed by atoms with van der Waals surface area (Å²) in [7, 11) is 3.08. The van der Waals surface area contributed by atoms with Crippen LogP contribution < -0.4 is 10.1 Å². The minimum absolute atomic E-state index is 0.207. The lowest BCUT2D eigenvalue weighted by atomic mass is 9.98. The van der Waals surface area contributed by atoms with Crippen molar-refractivity contribution >= 4 is 11.7 Å². The Morgan fingerprint density at radius 1 is 1.29 bits per heavy atom. The van der Waals surface area contributed by atoms with Gasteiger partial charge in [-0.2, -0.15) is 0 Å². The van der Waals surface area contributed by atoms with Crippen molar-refractivity contribution in [3.63, 3.8) is 0 Å². The normalized spacial score (nSPS) is 22.3. The van der Waals surface area contributed by atoms with Gasteiger partial charge in [0.25, 0.3) is 0 Å². The van der Waals surface area contributed by atoms with Crippen molar-refractivity contribution in [2.45, 2.75) is 31.8 Å². The van der Waals surface area contributed by atoms with Crippen molar-refractivity contribution in [1.29, 1.82) is 0 Å². The average Bonchev–Trinajstić information content (AvgIpc) is 2.93. The first-order valence-corrected chi connectivity index (χ1v) is 7.25. The van der Waals surface area contributed by atoms with Crippen LogP contribution in [0.1, 0.15) is 20.3 Å². The summed E-state index contributed by atoms with van der Waals surface area (Å²) in [5, 5.41) is 3.37. The van der Waals surface area contributed by atoms with Crippen molar-refractivity contribution in [3.05, 3.63) is 24.3 Å². The van der Waals surface area contributed by atoms with Crippen molar-refractivity contribution in [2.75, 3.05) is 32.6 Å². The van der Waals surface area contributed by atoms with E-state index in [0.29, 0.717) is 12.6 Å². The van der Waals surface area contributed by atoms with Crippen LogP contribution >= 0.6 is 0 Å². The molecule has 2 rings (SSSR count). The summed E-state index contributed by atoms with van der Waals surface area (Å²) in [6, 6.07) is 8.00. The molecule has 21 heavy (non-hydrogen) atoms. The van der Waals surface area contributed by atoms with Gasteiger partial charge in [-0.1, -0.05) is 0 Å². The van der Waals surface area contributed by atoms with Crippen LogP contribution in [-0.2, 0) is 9.53 Å². The second kappa shape index (κ2) is 6.35. The second-order valence-electron chi connectivity index (χ2n) is 5.74. The lowest BCUT2D eigenvalue weighted by Gasteiger charge is -2.30. The van der Waals surface area contributed by atoms with Gasteiger partial charge >= 0.3 is 5.97 Å². The Hall–Kier alpha value is -1.75. The van der Waals surface area contributed by atoms with Crippen LogP contribution in [0.5, 0.6) is 5.75 Å². The van der Waals surface area contributed by atoms with E-state index in [9.17, 15) is 4.79 Å². The average molecular weight is 292 g/mol. The molecule has 0 aromatic heterocycles. The molecular formula is C16H24N2O3. The van der Waals surface area contributed by atoms with Gasteiger partial charge in [0.2, 0.25) is 0 Å². The molecule has 1 N–H and O–H groups in total. The molecule has 1 atom stereocenters. The van der Waals surface area contributed by atoms with Gasteiger partial charge in [-0.25, -0.2) is 4.79 Å². The molecule has 1 aliphatic rings. The zero-order valence-electron chi connectivity index (χ0n) is 13.2. The first-order chi connectivity index (χ1) is 10.0. The van der Waals surface area contributed by atoms with E-state index in [0.717, 1.165) is 24.4 Å². The Kier molecular flexibility index (Phi) is 4.73. The number of anilines is 1. The first kappa shape index (κ1) is 15.6. The fourth-order valence-corrected chi connectivity index (χ4v) is 2.75. The van der Waals surface area contributed by atoms with E-state index in [4.69, 9.17) is 9.47 Å². The number of benzene rings is 1. The van der Waals surface area contributed by atoms with Crippen molar-refractivity contribution in [3.8, 4) is 5.75 Å². The van der Waals surface area contributed by atoms with E-state index in [1.165, 1.54) is 7.11 Å². The number of nitrogens with one attached hydrogen (secondary N) is 1. The zero-order chi connectivity index (χ0) is 15.5. The van der Waals surface area contributed by atoms with Crippen molar-refractivity contribution < 1.29 is 14.3 Å². The number of hydrogen-bond donors (Lipinski definition) is 1. The summed E-state index contributed by atoms with van der Waals surface area (Å²) in [6.45, 7) is 5.82. The fourth-order valence-electron chi connectivity index (χ4n) is 2.75. The predicted octanol–water partition coefficient (Wildman–Crippen LogP) is 2.13. The number of esters is 1. The molecule has 1 heterocycles.